The van der Waals surface area contributed by atoms with Gasteiger partial charge in [0.15, 0.2) is 0 Å². The van der Waals surface area contributed by atoms with Crippen molar-refractivity contribution in [1.29, 1.82) is 5.41 Å². The third-order valence-corrected chi connectivity index (χ3v) is 12.1. The number of allylic oxidation sites excluding steroid dienone is 2. The summed E-state index contributed by atoms with van der Waals surface area (Å²) in [6.45, 7) is 2.26. The van der Waals surface area contributed by atoms with Crippen LogP contribution in [0.1, 0.15) is 98.9 Å². The number of aromatic nitrogens is 1. The van der Waals surface area contributed by atoms with Crippen LogP contribution >= 0.6 is 12.6 Å². The molecule has 2 aliphatic rings. The molecule has 1 saturated carbocycles. The van der Waals surface area contributed by atoms with Crippen LogP contribution in [-0.4, -0.2) is 17.5 Å². The summed E-state index contributed by atoms with van der Waals surface area (Å²) >= 11 is 5.35. The maximum Gasteiger partial charge on any atom is 0.125 e. The molecule has 6 aromatic rings. The molecule has 4 nitrogen and oxygen atoms in total. The van der Waals surface area contributed by atoms with Crippen LogP contribution < -0.4 is 10.6 Å². The van der Waals surface area contributed by atoms with E-state index in [1.54, 1.807) is 7.05 Å². The first-order chi connectivity index (χ1) is 25.6. The van der Waals surface area contributed by atoms with Crippen molar-refractivity contribution in [3.05, 3.63) is 131 Å². The lowest BCUT2D eigenvalue weighted by atomic mass is 9.81. The number of fused-ring (bicyclic) bond motifs is 3. The number of amidine groups is 1. The van der Waals surface area contributed by atoms with Crippen LogP contribution in [0.5, 0.6) is 0 Å². The normalized spacial score (nSPS) is 16.6. The maximum absolute atomic E-state index is 8.13. The Kier molecular flexibility index (Phi) is 9.96. The molecule has 0 amide bonds. The lowest BCUT2D eigenvalue weighted by Gasteiger charge is -2.26. The number of benzene rings is 5. The number of thiol groups is 1. The molecule has 264 valence electrons. The Bertz CT molecular complexity index is 2270. The van der Waals surface area contributed by atoms with Crippen molar-refractivity contribution in [2.75, 3.05) is 12.4 Å². The van der Waals surface area contributed by atoms with Crippen molar-refractivity contribution in [2.24, 2.45) is 0 Å². The van der Waals surface area contributed by atoms with Gasteiger partial charge in [0.25, 0.3) is 0 Å². The van der Waals surface area contributed by atoms with Crippen molar-refractivity contribution >= 4 is 57.2 Å². The van der Waals surface area contributed by atoms with Crippen molar-refractivity contribution in [3.8, 4) is 11.1 Å². The summed E-state index contributed by atoms with van der Waals surface area (Å²) in [6.07, 6.45) is 14.1. The Morgan fingerprint density at radius 1 is 0.769 bits per heavy atom. The minimum atomic E-state index is 0.454. The highest BCUT2D eigenvalue weighted by Gasteiger charge is 2.24. The van der Waals surface area contributed by atoms with E-state index < -0.39 is 0 Å². The van der Waals surface area contributed by atoms with Gasteiger partial charge in [0.2, 0.25) is 0 Å². The van der Waals surface area contributed by atoms with Crippen LogP contribution in [0.3, 0.4) is 0 Å². The third kappa shape index (κ3) is 6.45. The highest BCUT2D eigenvalue weighted by molar-refractivity contribution is 7.80. The van der Waals surface area contributed by atoms with E-state index in [0.29, 0.717) is 17.8 Å². The van der Waals surface area contributed by atoms with Gasteiger partial charge in [0, 0.05) is 62.3 Å². The number of hydrogen-bond acceptors (Lipinski definition) is 3. The molecule has 0 saturated heterocycles. The van der Waals surface area contributed by atoms with Gasteiger partial charge in [0.1, 0.15) is 5.84 Å². The molecule has 0 aliphatic heterocycles. The molecule has 52 heavy (non-hydrogen) atoms. The van der Waals surface area contributed by atoms with Crippen LogP contribution in [-0.2, 0) is 6.42 Å². The molecule has 2 aliphatic carbocycles. The monoisotopic (exact) mass is 702 g/mol. The topological polar surface area (TPSA) is 52.8 Å². The second-order valence-electron chi connectivity index (χ2n) is 14.7. The van der Waals surface area contributed by atoms with Gasteiger partial charge >= 0.3 is 0 Å². The summed E-state index contributed by atoms with van der Waals surface area (Å²) in [5.74, 6) is 0.909. The Labute approximate surface area is 314 Å². The van der Waals surface area contributed by atoms with Crippen molar-refractivity contribution in [3.63, 3.8) is 0 Å². The molecule has 8 rings (SSSR count). The summed E-state index contributed by atoms with van der Waals surface area (Å²) < 4.78 is 2.65. The van der Waals surface area contributed by atoms with E-state index in [1.807, 2.05) is 0 Å². The molecule has 1 unspecified atom stereocenters. The Balaban J connectivity index is 1.14. The number of anilines is 2. The molecule has 1 aromatic heterocycles. The summed E-state index contributed by atoms with van der Waals surface area (Å²) in [7, 11) is 1.80. The number of nitrogens with one attached hydrogen (secondary N) is 3. The molecule has 0 bridgehead atoms. The molecule has 0 spiro atoms. The fourth-order valence-electron chi connectivity index (χ4n) is 8.98. The van der Waals surface area contributed by atoms with Gasteiger partial charge in [-0.2, -0.15) is 0 Å². The van der Waals surface area contributed by atoms with Gasteiger partial charge in [-0.25, -0.2) is 0 Å². The van der Waals surface area contributed by atoms with Gasteiger partial charge < -0.3 is 15.2 Å². The van der Waals surface area contributed by atoms with Gasteiger partial charge in [-0.05, 0) is 96.5 Å². The van der Waals surface area contributed by atoms with Crippen LogP contribution in [0.15, 0.2) is 114 Å². The van der Waals surface area contributed by atoms with Crippen molar-refractivity contribution in [2.45, 2.75) is 88.0 Å². The highest BCUT2D eigenvalue weighted by atomic mass is 32.1. The highest BCUT2D eigenvalue weighted by Crippen LogP contribution is 2.45. The maximum atomic E-state index is 8.13. The van der Waals surface area contributed by atoms with E-state index in [-0.39, 0.29) is 0 Å². The van der Waals surface area contributed by atoms with Crippen LogP contribution in [0.2, 0.25) is 0 Å². The Hall–Kier alpha value is -4.74. The minimum absolute atomic E-state index is 0.454. The first-order valence-corrected chi connectivity index (χ1v) is 19.8. The van der Waals surface area contributed by atoms with E-state index in [2.05, 4.69) is 131 Å². The summed E-state index contributed by atoms with van der Waals surface area (Å²) in [4.78, 5) is 1.07. The Morgan fingerprint density at radius 2 is 1.52 bits per heavy atom. The molecular weight excluding hydrogens is 653 g/mol. The minimum Gasteiger partial charge on any atom is -0.373 e. The molecule has 5 heteroatoms. The molecule has 1 heterocycles. The SMILES string of the molecule is CCCc1c(Nc2ccccc2C2=CCCC(c3ccc(C(=N)NC)cc3)C2)ccc(-c2cccc3c2c2ccccc2n3C2CCCCC2)c1S. The van der Waals surface area contributed by atoms with Crippen LogP contribution in [0.4, 0.5) is 11.4 Å². The standard InChI is InChI=1S/C47H50N4S/c1-3-13-39-42(50-41-21-9-7-18-36(41)34-15-11-14-33(30-34)31-24-26-32(27-25-31)47(48)49-2)29-28-38(46(39)52)37-20-12-23-44-45(37)40-19-8-10-22-43(40)51(44)35-16-5-4-6-17-35/h7-10,12,15,18-29,33,35,50,52H,3-6,11,13-14,16-17,30H2,1-2H3,(H2,48,49). The van der Waals surface area contributed by atoms with Gasteiger partial charge in [-0.15, -0.1) is 12.6 Å². The number of hydrogen-bond donors (Lipinski definition) is 4. The third-order valence-electron chi connectivity index (χ3n) is 11.6. The van der Waals surface area contributed by atoms with E-state index in [9.17, 15) is 0 Å². The summed E-state index contributed by atoms with van der Waals surface area (Å²) in [6, 6.07) is 38.4. The predicted molar refractivity (Wildman–Crippen MR) is 225 cm³/mol. The Morgan fingerprint density at radius 3 is 2.33 bits per heavy atom. The predicted octanol–water partition coefficient (Wildman–Crippen LogP) is 12.8. The number of para-hydroxylation sites is 2. The average Bonchev–Trinajstić information content (AvgIpc) is 3.54. The number of nitrogens with zero attached hydrogens (tertiary/aromatic N) is 1. The molecule has 0 radical (unpaired) electrons. The second kappa shape index (κ2) is 15.1. The first-order valence-electron chi connectivity index (χ1n) is 19.3. The largest absolute Gasteiger partial charge is 0.373 e. The fourth-order valence-corrected chi connectivity index (χ4v) is 9.40. The average molecular weight is 703 g/mol. The molecule has 5 aromatic carbocycles. The molecular formula is C47H50N4S. The van der Waals surface area contributed by atoms with Gasteiger partial charge in [0.05, 0.1) is 0 Å². The molecule has 3 N–H and O–H groups in total. The lowest BCUT2D eigenvalue weighted by Crippen LogP contribution is -2.17. The fraction of sp³-hybridized carbons (Fsp3) is 0.298. The molecule has 1 fully saturated rings. The number of rotatable bonds is 9. The quantitative estimate of drug-likeness (QED) is 0.0689. The van der Waals surface area contributed by atoms with Crippen molar-refractivity contribution in [1.82, 2.24) is 9.88 Å². The zero-order chi connectivity index (χ0) is 35.6. The lowest BCUT2D eigenvalue weighted by molar-refractivity contribution is 0.367. The van der Waals surface area contributed by atoms with E-state index >= 15 is 0 Å². The second-order valence-corrected chi connectivity index (χ2v) is 15.2. The summed E-state index contributed by atoms with van der Waals surface area (Å²) in [5, 5.41) is 17.7. The van der Waals surface area contributed by atoms with Crippen LogP contribution in [0, 0.1) is 5.41 Å². The summed E-state index contributed by atoms with van der Waals surface area (Å²) in [5.41, 5.74) is 13.7. The van der Waals surface area contributed by atoms with Crippen molar-refractivity contribution < 1.29 is 0 Å². The molecule has 1 atom stereocenters. The zero-order valence-electron chi connectivity index (χ0n) is 30.5. The van der Waals surface area contributed by atoms with Crippen LogP contribution in [0.25, 0.3) is 38.5 Å². The van der Waals surface area contributed by atoms with Gasteiger partial charge in [-0.1, -0.05) is 118 Å². The first kappa shape index (κ1) is 34.4. The zero-order valence-corrected chi connectivity index (χ0v) is 31.4. The van der Waals surface area contributed by atoms with E-state index in [4.69, 9.17) is 18.0 Å². The van der Waals surface area contributed by atoms with Gasteiger partial charge in [-0.3, -0.25) is 5.41 Å². The van der Waals surface area contributed by atoms with E-state index in [0.717, 1.165) is 53.9 Å². The van der Waals surface area contributed by atoms with E-state index in [1.165, 1.54) is 87.3 Å². The smallest absolute Gasteiger partial charge is 0.125 e.